The Kier molecular flexibility index (Phi) is 2.16. The van der Waals surface area contributed by atoms with Gasteiger partial charge < -0.3 is 15.8 Å². The zero-order valence-corrected chi connectivity index (χ0v) is 7.54. The third kappa shape index (κ3) is 1.58. The molecule has 0 aliphatic heterocycles. The predicted molar refractivity (Wildman–Crippen MR) is 47.5 cm³/mol. The Morgan fingerprint density at radius 3 is 2.93 bits per heavy atom. The van der Waals surface area contributed by atoms with Crippen molar-refractivity contribution in [2.45, 2.75) is 31.3 Å². The van der Waals surface area contributed by atoms with E-state index in [4.69, 9.17) is 5.73 Å². The van der Waals surface area contributed by atoms with Crippen LogP contribution >= 0.6 is 0 Å². The van der Waals surface area contributed by atoms with Crippen LogP contribution in [0.2, 0.25) is 0 Å². The molecule has 76 valence electrons. The quantitative estimate of drug-likeness (QED) is 0.540. The number of hydrogen-bond acceptors (Lipinski definition) is 5. The fraction of sp³-hybridized carbons (Fsp3) is 0.714. The molecule has 2 unspecified atom stereocenters. The van der Waals surface area contributed by atoms with E-state index >= 15 is 0 Å². The van der Waals surface area contributed by atoms with Crippen LogP contribution in [0, 0.1) is 10.1 Å². The standard InChI is InChI=1S/C7H11N5O2/c8-5-1-2-6(3-5)11-4-7(9-10-11)12(13)14/h4-6H,1-3,8H2. The van der Waals surface area contributed by atoms with Crippen LogP contribution in [0.5, 0.6) is 0 Å². The summed E-state index contributed by atoms with van der Waals surface area (Å²) >= 11 is 0. The Morgan fingerprint density at radius 1 is 1.64 bits per heavy atom. The lowest BCUT2D eigenvalue weighted by molar-refractivity contribution is -0.389. The maximum absolute atomic E-state index is 10.4. The van der Waals surface area contributed by atoms with Crippen LogP contribution in [0.4, 0.5) is 5.82 Å². The van der Waals surface area contributed by atoms with Gasteiger partial charge in [0, 0.05) is 6.04 Å². The van der Waals surface area contributed by atoms with Gasteiger partial charge in [-0.1, -0.05) is 0 Å². The van der Waals surface area contributed by atoms with E-state index in [1.54, 1.807) is 4.68 Å². The summed E-state index contributed by atoms with van der Waals surface area (Å²) in [6, 6.07) is 0.356. The number of nitrogens with zero attached hydrogens (tertiary/aromatic N) is 4. The van der Waals surface area contributed by atoms with Crippen LogP contribution in [0.25, 0.3) is 0 Å². The monoisotopic (exact) mass is 197 g/mol. The maximum Gasteiger partial charge on any atom is 0.410 e. The van der Waals surface area contributed by atoms with E-state index in [1.807, 2.05) is 0 Å². The highest BCUT2D eigenvalue weighted by molar-refractivity contribution is 5.09. The first-order chi connectivity index (χ1) is 6.66. The van der Waals surface area contributed by atoms with E-state index in [9.17, 15) is 10.1 Å². The van der Waals surface area contributed by atoms with Crippen molar-refractivity contribution in [3.8, 4) is 0 Å². The third-order valence-electron chi connectivity index (χ3n) is 2.50. The average molecular weight is 197 g/mol. The van der Waals surface area contributed by atoms with E-state index in [-0.39, 0.29) is 17.9 Å². The molecule has 1 aromatic heterocycles. The van der Waals surface area contributed by atoms with Gasteiger partial charge >= 0.3 is 5.82 Å². The van der Waals surface area contributed by atoms with Crippen LogP contribution < -0.4 is 5.73 Å². The molecule has 1 aromatic rings. The van der Waals surface area contributed by atoms with Crippen molar-refractivity contribution in [2.75, 3.05) is 0 Å². The minimum Gasteiger partial charge on any atom is -0.358 e. The second kappa shape index (κ2) is 3.33. The van der Waals surface area contributed by atoms with Gasteiger partial charge in [0.05, 0.1) is 11.3 Å². The van der Waals surface area contributed by atoms with Crippen LogP contribution in [-0.2, 0) is 0 Å². The molecule has 0 bridgehead atoms. The first-order valence-electron chi connectivity index (χ1n) is 4.48. The fourth-order valence-corrected chi connectivity index (χ4v) is 1.76. The number of aromatic nitrogens is 3. The van der Waals surface area contributed by atoms with Crippen molar-refractivity contribution >= 4 is 5.82 Å². The second-order valence-corrected chi connectivity index (χ2v) is 3.54. The molecule has 1 aliphatic rings. The summed E-state index contributed by atoms with van der Waals surface area (Å²) in [6.07, 6.45) is 4.04. The smallest absolute Gasteiger partial charge is 0.358 e. The van der Waals surface area contributed by atoms with Gasteiger partial charge in [0.15, 0.2) is 0 Å². The average Bonchev–Trinajstić information content (AvgIpc) is 2.70. The van der Waals surface area contributed by atoms with Crippen molar-refractivity contribution in [3.05, 3.63) is 16.3 Å². The molecular weight excluding hydrogens is 186 g/mol. The van der Waals surface area contributed by atoms with Crippen molar-refractivity contribution in [1.29, 1.82) is 0 Å². The zero-order valence-electron chi connectivity index (χ0n) is 7.54. The molecule has 2 N–H and O–H groups in total. The summed E-state index contributed by atoms with van der Waals surface area (Å²) in [5.74, 6) is -0.203. The van der Waals surface area contributed by atoms with Crippen LogP contribution in [-0.4, -0.2) is 26.0 Å². The first-order valence-corrected chi connectivity index (χ1v) is 4.48. The molecule has 1 saturated carbocycles. The largest absolute Gasteiger partial charge is 0.410 e. The lowest BCUT2D eigenvalue weighted by atomic mass is 10.2. The molecule has 0 radical (unpaired) electrons. The third-order valence-corrected chi connectivity index (χ3v) is 2.50. The normalized spacial score (nSPS) is 26.6. The molecule has 2 rings (SSSR count). The SMILES string of the molecule is NC1CCC(n2cc([N+](=O)[O-])nn2)C1. The summed E-state index contributed by atoms with van der Waals surface area (Å²) in [5, 5.41) is 17.5. The summed E-state index contributed by atoms with van der Waals surface area (Å²) in [4.78, 5) is 9.82. The van der Waals surface area contributed by atoms with Gasteiger partial charge in [-0.05, 0) is 24.2 Å². The Balaban J connectivity index is 2.13. The first kappa shape index (κ1) is 9.07. The van der Waals surface area contributed by atoms with E-state index in [0.29, 0.717) is 0 Å². The second-order valence-electron chi connectivity index (χ2n) is 3.54. The lowest BCUT2D eigenvalue weighted by Gasteiger charge is -2.05. The highest BCUT2D eigenvalue weighted by Crippen LogP contribution is 2.28. The van der Waals surface area contributed by atoms with Gasteiger partial charge in [-0.3, -0.25) is 0 Å². The molecule has 0 saturated heterocycles. The van der Waals surface area contributed by atoms with Gasteiger partial charge in [-0.25, -0.2) is 4.68 Å². The Morgan fingerprint density at radius 2 is 2.43 bits per heavy atom. The highest BCUT2D eigenvalue weighted by Gasteiger charge is 2.26. The summed E-state index contributed by atoms with van der Waals surface area (Å²) in [7, 11) is 0. The lowest BCUT2D eigenvalue weighted by Crippen LogP contribution is -2.16. The molecule has 1 heterocycles. The van der Waals surface area contributed by atoms with E-state index in [0.717, 1.165) is 19.3 Å². The topological polar surface area (TPSA) is 99.9 Å². The van der Waals surface area contributed by atoms with Gasteiger partial charge in [-0.15, -0.1) is 0 Å². The predicted octanol–water partition coefficient (Wildman–Crippen LogP) is 0.239. The van der Waals surface area contributed by atoms with Gasteiger partial charge in [-0.2, -0.15) is 0 Å². The number of nitro groups is 1. The molecule has 14 heavy (non-hydrogen) atoms. The number of nitrogens with two attached hydrogens (primary N) is 1. The van der Waals surface area contributed by atoms with Crippen LogP contribution in [0.1, 0.15) is 25.3 Å². The molecule has 7 nitrogen and oxygen atoms in total. The van der Waals surface area contributed by atoms with Gasteiger partial charge in [0.25, 0.3) is 0 Å². The molecule has 0 aromatic carbocycles. The van der Waals surface area contributed by atoms with Crippen molar-refractivity contribution in [2.24, 2.45) is 5.73 Å². The summed E-state index contributed by atoms with van der Waals surface area (Å²) in [5.41, 5.74) is 5.73. The number of hydrogen-bond donors (Lipinski definition) is 1. The fourth-order valence-electron chi connectivity index (χ4n) is 1.76. The molecule has 0 spiro atoms. The van der Waals surface area contributed by atoms with Crippen LogP contribution in [0.3, 0.4) is 0 Å². The molecular formula is C7H11N5O2. The molecule has 0 amide bonds. The zero-order chi connectivity index (χ0) is 10.1. The molecule has 7 heteroatoms. The van der Waals surface area contributed by atoms with Crippen molar-refractivity contribution in [3.63, 3.8) is 0 Å². The van der Waals surface area contributed by atoms with E-state index in [1.165, 1.54) is 6.20 Å². The van der Waals surface area contributed by atoms with Crippen molar-refractivity contribution < 1.29 is 4.92 Å². The van der Waals surface area contributed by atoms with Gasteiger partial charge in [0.2, 0.25) is 0 Å². The number of rotatable bonds is 2. The van der Waals surface area contributed by atoms with E-state index < -0.39 is 4.92 Å². The maximum atomic E-state index is 10.4. The van der Waals surface area contributed by atoms with E-state index in [2.05, 4.69) is 10.3 Å². The molecule has 1 fully saturated rings. The Hall–Kier alpha value is -1.50. The Labute approximate surface area is 80.0 Å². The summed E-state index contributed by atoms with van der Waals surface area (Å²) < 4.78 is 1.55. The minimum atomic E-state index is -0.543. The molecule has 2 atom stereocenters. The highest BCUT2D eigenvalue weighted by atomic mass is 16.6. The summed E-state index contributed by atoms with van der Waals surface area (Å²) in [6.45, 7) is 0. The minimum absolute atomic E-state index is 0.172. The van der Waals surface area contributed by atoms with Crippen molar-refractivity contribution in [1.82, 2.24) is 15.0 Å². The van der Waals surface area contributed by atoms with Gasteiger partial charge in [0.1, 0.15) is 11.3 Å². The molecule has 1 aliphatic carbocycles. The van der Waals surface area contributed by atoms with Crippen LogP contribution in [0.15, 0.2) is 6.20 Å². The Bertz CT molecular complexity index is 350.